The fraction of sp³-hybridized carbons (Fsp3) is 0.409. The maximum atomic E-state index is 12.8. The lowest BCUT2D eigenvalue weighted by molar-refractivity contribution is -0.132. The molecule has 29 heavy (non-hydrogen) atoms. The molecule has 1 saturated heterocycles. The Kier molecular flexibility index (Phi) is 5.64. The van der Waals surface area contributed by atoms with Gasteiger partial charge in [0.1, 0.15) is 5.69 Å². The maximum Gasteiger partial charge on any atom is 0.268 e. The molecule has 4 rings (SSSR count). The molecule has 2 N–H and O–H groups in total. The van der Waals surface area contributed by atoms with E-state index in [9.17, 15) is 14.4 Å². The fourth-order valence-electron chi connectivity index (χ4n) is 4.05. The van der Waals surface area contributed by atoms with Gasteiger partial charge >= 0.3 is 0 Å². The number of nitrogens with one attached hydrogen (secondary N) is 2. The quantitative estimate of drug-likeness (QED) is 0.836. The van der Waals surface area contributed by atoms with E-state index in [-0.39, 0.29) is 23.8 Å². The summed E-state index contributed by atoms with van der Waals surface area (Å²) in [6.45, 7) is 2.04. The third-order valence-electron chi connectivity index (χ3n) is 5.64. The molecule has 1 aromatic heterocycles. The Morgan fingerprint density at radius 3 is 2.52 bits per heavy atom. The Labute approximate surface area is 170 Å². The number of carbonyl (C=O) groups is 3. The van der Waals surface area contributed by atoms with Crippen molar-refractivity contribution in [3.8, 4) is 0 Å². The molecule has 152 valence electrons. The largest absolute Gasteiger partial charge is 0.349 e. The smallest absolute Gasteiger partial charge is 0.268 e. The summed E-state index contributed by atoms with van der Waals surface area (Å²) >= 11 is 0. The van der Waals surface area contributed by atoms with Gasteiger partial charge in [0.15, 0.2) is 0 Å². The van der Waals surface area contributed by atoms with Crippen molar-refractivity contribution >= 4 is 23.4 Å². The average molecular weight is 394 g/mol. The van der Waals surface area contributed by atoms with Gasteiger partial charge in [-0.15, -0.1) is 0 Å². The second kappa shape index (κ2) is 8.51. The minimum Gasteiger partial charge on any atom is -0.349 e. The van der Waals surface area contributed by atoms with Crippen LogP contribution in [0.25, 0.3) is 0 Å². The van der Waals surface area contributed by atoms with Gasteiger partial charge in [-0.2, -0.15) is 0 Å². The van der Waals surface area contributed by atoms with Gasteiger partial charge in [-0.3, -0.25) is 14.4 Å². The first kappa shape index (κ1) is 19.2. The molecule has 1 fully saturated rings. The van der Waals surface area contributed by atoms with Crippen LogP contribution in [-0.4, -0.2) is 46.8 Å². The van der Waals surface area contributed by atoms with Gasteiger partial charge in [-0.05, 0) is 31.0 Å². The van der Waals surface area contributed by atoms with Crippen molar-refractivity contribution < 1.29 is 14.4 Å². The highest BCUT2D eigenvalue weighted by atomic mass is 16.2. The number of rotatable bonds is 4. The van der Waals surface area contributed by atoms with Crippen LogP contribution in [0.3, 0.4) is 0 Å². The van der Waals surface area contributed by atoms with E-state index in [2.05, 4.69) is 10.6 Å². The number of anilines is 1. The Morgan fingerprint density at radius 2 is 1.79 bits per heavy atom. The molecule has 2 aliphatic rings. The van der Waals surface area contributed by atoms with Gasteiger partial charge in [0.05, 0.1) is 11.7 Å². The Morgan fingerprint density at radius 1 is 1.07 bits per heavy atom. The van der Waals surface area contributed by atoms with E-state index in [1.807, 2.05) is 15.5 Å². The summed E-state index contributed by atoms with van der Waals surface area (Å²) in [7, 11) is 0. The monoisotopic (exact) mass is 394 g/mol. The van der Waals surface area contributed by atoms with Gasteiger partial charge in [0.25, 0.3) is 11.8 Å². The van der Waals surface area contributed by atoms with Crippen molar-refractivity contribution in [2.75, 3.05) is 25.0 Å². The predicted octanol–water partition coefficient (Wildman–Crippen LogP) is 2.82. The molecule has 3 heterocycles. The summed E-state index contributed by atoms with van der Waals surface area (Å²) < 4.78 is 1.83. The minimum absolute atomic E-state index is 0.127. The molecule has 1 aromatic carbocycles. The predicted molar refractivity (Wildman–Crippen MR) is 110 cm³/mol. The first-order valence-corrected chi connectivity index (χ1v) is 10.3. The number of likely N-dealkylation sites (tertiary alicyclic amines) is 1. The maximum absolute atomic E-state index is 12.8. The third kappa shape index (κ3) is 4.34. The SMILES string of the molecule is O=C(Nc1cc2n(c1)C(CC(=O)N1CCCCCC1)CNC2=O)c1ccccc1. The fourth-order valence-corrected chi connectivity index (χ4v) is 4.05. The number of hydrogen-bond acceptors (Lipinski definition) is 3. The number of hydrogen-bond donors (Lipinski definition) is 2. The van der Waals surface area contributed by atoms with E-state index in [0.29, 0.717) is 29.9 Å². The van der Waals surface area contributed by atoms with Crippen LogP contribution in [0.2, 0.25) is 0 Å². The lowest BCUT2D eigenvalue weighted by Gasteiger charge is -2.28. The molecule has 7 nitrogen and oxygen atoms in total. The van der Waals surface area contributed by atoms with Crippen molar-refractivity contribution in [3.05, 3.63) is 53.9 Å². The molecule has 0 radical (unpaired) electrons. The van der Waals surface area contributed by atoms with E-state index in [4.69, 9.17) is 0 Å². The minimum atomic E-state index is -0.230. The third-order valence-corrected chi connectivity index (χ3v) is 5.64. The highest BCUT2D eigenvalue weighted by Gasteiger charge is 2.29. The van der Waals surface area contributed by atoms with E-state index in [1.54, 1.807) is 36.5 Å². The molecular formula is C22H26N4O3. The molecule has 7 heteroatoms. The van der Waals surface area contributed by atoms with Gasteiger partial charge in [0, 0.05) is 37.8 Å². The van der Waals surface area contributed by atoms with Gasteiger partial charge < -0.3 is 20.1 Å². The van der Waals surface area contributed by atoms with Crippen LogP contribution in [0.1, 0.15) is 59.0 Å². The molecule has 2 aromatic rings. The van der Waals surface area contributed by atoms with E-state index >= 15 is 0 Å². The van der Waals surface area contributed by atoms with Crippen LogP contribution in [0.4, 0.5) is 5.69 Å². The summed E-state index contributed by atoms with van der Waals surface area (Å²) in [4.78, 5) is 39.5. The molecule has 0 spiro atoms. The highest BCUT2D eigenvalue weighted by molar-refractivity contribution is 6.05. The van der Waals surface area contributed by atoms with Crippen LogP contribution in [-0.2, 0) is 4.79 Å². The lowest BCUT2D eigenvalue weighted by Crippen LogP contribution is -2.41. The van der Waals surface area contributed by atoms with Crippen LogP contribution in [0, 0.1) is 0 Å². The second-order valence-electron chi connectivity index (χ2n) is 7.70. The molecular weight excluding hydrogens is 368 g/mol. The lowest BCUT2D eigenvalue weighted by atomic mass is 10.1. The number of benzene rings is 1. The molecule has 0 saturated carbocycles. The highest BCUT2D eigenvalue weighted by Crippen LogP contribution is 2.26. The molecule has 0 bridgehead atoms. The first-order chi connectivity index (χ1) is 14.1. The summed E-state index contributed by atoms with van der Waals surface area (Å²) in [6, 6.07) is 10.4. The van der Waals surface area contributed by atoms with Gasteiger partial charge in [-0.1, -0.05) is 31.0 Å². The van der Waals surface area contributed by atoms with Crippen molar-refractivity contribution in [1.82, 2.24) is 14.8 Å². The Hall–Kier alpha value is -3.09. The number of aromatic nitrogens is 1. The summed E-state index contributed by atoms with van der Waals surface area (Å²) in [5, 5.41) is 5.71. The van der Waals surface area contributed by atoms with Crippen molar-refractivity contribution in [3.63, 3.8) is 0 Å². The Bertz CT molecular complexity index is 898. The second-order valence-corrected chi connectivity index (χ2v) is 7.70. The Balaban J connectivity index is 1.48. The number of nitrogens with zero attached hydrogens (tertiary/aromatic N) is 2. The molecule has 3 amide bonds. The molecule has 0 aliphatic carbocycles. The zero-order valence-corrected chi connectivity index (χ0v) is 16.4. The molecule has 2 aliphatic heterocycles. The topological polar surface area (TPSA) is 83.4 Å². The number of fused-ring (bicyclic) bond motifs is 1. The van der Waals surface area contributed by atoms with Crippen molar-refractivity contribution in [1.29, 1.82) is 0 Å². The molecule has 1 unspecified atom stereocenters. The van der Waals surface area contributed by atoms with E-state index in [1.165, 1.54) is 12.8 Å². The van der Waals surface area contributed by atoms with E-state index in [0.717, 1.165) is 25.9 Å². The van der Waals surface area contributed by atoms with Crippen LogP contribution < -0.4 is 10.6 Å². The molecule has 1 atom stereocenters. The van der Waals surface area contributed by atoms with Crippen LogP contribution >= 0.6 is 0 Å². The summed E-state index contributed by atoms with van der Waals surface area (Å²) in [5.41, 5.74) is 1.57. The summed E-state index contributed by atoms with van der Waals surface area (Å²) in [5.74, 6) is -0.294. The number of carbonyl (C=O) groups excluding carboxylic acids is 3. The normalized spacial score (nSPS) is 19.1. The van der Waals surface area contributed by atoms with Crippen molar-refractivity contribution in [2.45, 2.75) is 38.1 Å². The average Bonchev–Trinajstić information content (AvgIpc) is 2.97. The standard InChI is InChI=1S/C22H26N4O3/c27-20(25-10-6-1-2-7-11-25)13-18-14-23-22(29)19-12-17(15-26(18)19)24-21(28)16-8-4-3-5-9-16/h3-5,8-9,12,15,18H,1-2,6-7,10-11,13-14H2,(H,23,29)(H,24,28). The zero-order chi connectivity index (χ0) is 20.2. The van der Waals surface area contributed by atoms with Crippen LogP contribution in [0.5, 0.6) is 0 Å². The van der Waals surface area contributed by atoms with Gasteiger partial charge in [0.2, 0.25) is 5.91 Å². The van der Waals surface area contributed by atoms with Crippen LogP contribution in [0.15, 0.2) is 42.6 Å². The van der Waals surface area contributed by atoms with Crippen molar-refractivity contribution in [2.24, 2.45) is 0 Å². The van der Waals surface area contributed by atoms with Gasteiger partial charge in [-0.25, -0.2) is 0 Å². The van der Waals surface area contributed by atoms with E-state index < -0.39 is 0 Å². The number of amides is 3. The first-order valence-electron chi connectivity index (χ1n) is 10.3. The zero-order valence-electron chi connectivity index (χ0n) is 16.4. The summed E-state index contributed by atoms with van der Waals surface area (Å²) in [6.07, 6.45) is 6.56.